The summed E-state index contributed by atoms with van der Waals surface area (Å²) in [5.74, 6) is 1.29. The highest BCUT2D eigenvalue weighted by molar-refractivity contribution is 5.38. The van der Waals surface area contributed by atoms with E-state index in [1.807, 2.05) is 6.92 Å². The summed E-state index contributed by atoms with van der Waals surface area (Å²) in [5.41, 5.74) is 1.09. The van der Waals surface area contributed by atoms with E-state index in [1.54, 1.807) is 0 Å². The molecule has 1 unspecified atom stereocenters. The third kappa shape index (κ3) is 1.73. The van der Waals surface area contributed by atoms with Gasteiger partial charge in [0.2, 0.25) is 0 Å². The number of hydrogen-bond acceptors (Lipinski definition) is 3. The number of allylic oxidation sites excluding steroid dienone is 1. The first-order valence-corrected chi connectivity index (χ1v) is 3.63. The van der Waals surface area contributed by atoms with Gasteiger partial charge in [0.1, 0.15) is 6.61 Å². The molecule has 3 nitrogen and oxygen atoms in total. The molecule has 1 aliphatic heterocycles. The average molecular weight is 156 g/mol. The molecule has 0 N–H and O–H groups in total. The van der Waals surface area contributed by atoms with Gasteiger partial charge in [0.25, 0.3) is 6.47 Å². The van der Waals surface area contributed by atoms with Gasteiger partial charge in [-0.1, -0.05) is 6.92 Å². The minimum Gasteiger partial charge on any atom is -0.498 e. The van der Waals surface area contributed by atoms with Gasteiger partial charge in [0.15, 0.2) is 0 Å². The zero-order valence-electron chi connectivity index (χ0n) is 6.79. The first-order chi connectivity index (χ1) is 5.25. The van der Waals surface area contributed by atoms with Crippen LogP contribution in [0.1, 0.15) is 13.8 Å². The molecule has 0 aromatic heterocycles. The van der Waals surface area contributed by atoms with Gasteiger partial charge in [-0.2, -0.15) is 0 Å². The quantitative estimate of drug-likeness (QED) is 0.574. The van der Waals surface area contributed by atoms with Gasteiger partial charge >= 0.3 is 0 Å². The van der Waals surface area contributed by atoms with Crippen LogP contribution in [0.3, 0.4) is 0 Å². The zero-order valence-corrected chi connectivity index (χ0v) is 6.79. The average Bonchev–Trinajstić information content (AvgIpc) is 2.29. The van der Waals surface area contributed by atoms with Crippen molar-refractivity contribution in [3.05, 3.63) is 11.3 Å². The van der Waals surface area contributed by atoms with E-state index in [0.717, 1.165) is 11.3 Å². The predicted molar refractivity (Wildman–Crippen MR) is 39.8 cm³/mol. The maximum Gasteiger partial charge on any atom is 0.293 e. The summed E-state index contributed by atoms with van der Waals surface area (Å²) >= 11 is 0. The van der Waals surface area contributed by atoms with Crippen molar-refractivity contribution in [3.8, 4) is 0 Å². The van der Waals surface area contributed by atoms with E-state index in [0.29, 0.717) is 25.6 Å². The van der Waals surface area contributed by atoms with E-state index in [-0.39, 0.29) is 0 Å². The van der Waals surface area contributed by atoms with Crippen molar-refractivity contribution in [2.75, 3.05) is 13.2 Å². The molecule has 1 heterocycles. The number of carbonyl (C=O) groups excluding carboxylic acids is 1. The van der Waals surface area contributed by atoms with Crippen LogP contribution in [0, 0.1) is 5.92 Å². The monoisotopic (exact) mass is 156 g/mol. The van der Waals surface area contributed by atoms with Crippen molar-refractivity contribution in [3.63, 3.8) is 0 Å². The molecule has 0 spiro atoms. The smallest absolute Gasteiger partial charge is 0.293 e. The Morgan fingerprint density at radius 2 is 2.55 bits per heavy atom. The van der Waals surface area contributed by atoms with Crippen LogP contribution in [-0.2, 0) is 14.3 Å². The molecule has 0 aromatic rings. The molecule has 0 radical (unpaired) electrons. The molecule has 11 heavy (non-hydrogen) atoms. The van der Waals surface area contributed by atoms with Gasteiger partial charge in [-0.3, -0.25) is 4.79 Å². The standard InChI is InChI=1S/C8H12O3/c1-6-3-11-7(2)8(6)4-10-5-9/h5-6H,3-4H2,1-2H3. The second-order valence-electron chi connectivity index (χ2n) is 2.70. The number of carbonyl (C=O) groups is 1. The molecule has 0 amide bonds. The van der Waals surface area contributed by atoms with Gasteiger partial charge in [-0.25, -0.2) is 0 Å². The lowest BCUT2D eigenvalue weighted by Crippen LogP contribution is -2.04. The molecule has 0 fully saturated rings. The van der Waals surface area contributed by atoms with Gasteiger partial charge in [-0.05, 0) is 6.92 Å². The summed E-state index contributed by atoms with van der Waals surface area (Å²) < 4.78 is 9.90. The van der Waals surface area contributed by atoms with Crippen molar-refractivity contribution in [1.82, 2.24) is 0 Å². The van der Waals surface area contributed by atoms with Gasteiger partial charge in [-0.15, -0.1) is 0 Å². The summed E-state index contributed by atoms with van der Waals surface area (Å²) in [5, 5.41) is 0. The molecule has 0 saturated heterocycles. The summed E-state index contributed by atoms with van der Waals surface area (Å²) in [6.07, 6.45) is 0. The highest BCUT2D eigenvalue weighted by atomic mass is 16.5. The van der Waals surface area contributed by atoms with Crippen molar-refractivity contribution in [1.29, 1.82) is 0 Å². The fourth-order valence-corrected chi connectivity index (χ4v) is 1.16. The van der Waals surface area contributed by atoms with Crippen LogP contribution in [0.4, 0.5) is 0 Å². The lowest BCUT2D eigenvalue weighted by Gasteiger charge is -2.03. The largest absolute Gasteiger partial charge is 0.498 e. The van der Waals surface area contributed by atoms with Crippen LogP contribution in [0.15, 0.2) is 11.3 Å². The third-order valence-corrected chi connectivity index (χ3v) is 1.90. The predicted octanol–water partition coefficient (Wildman–Crippen LogP) is 1.10. The first kappa shape index (κ1) is 8.11. The van der Waals surface area contributed by atoms with Crippen molar-refractivity contribution in [2.24, 2.45) is 5.92 Å². The van der Waals surface area contributed by atoms with E-state index in [2.05, 4.69) is 11.7 Å². The Labute approximate surface area is 66.0 Å². The van der Waals surface area contributed by atoms with Crippen LogP contribution in [-0.4, -0.2) is 19.7 Å². The highest BCUT2D eigenvalue weighted by Gasteiger charge is 2.20. The molecular weight excluding hydrogens is 144 g/mol. The Bertz CT molecular complexity index is 184. The SMILES string of the molecule is CC1=C(COC=O)C(C)CO1. The molecule has 0 aromatic carbocycles. The molecule has 0 saturated carbocycles. The minimum atomic E-state index is 0.372. The Hall–Kier alpha value is -0.990. The van der Waals surface area contributed by atoms with E-state index >= 15 is 0 Å². The van der Waals surface area contributed by atoms with E-state index in [4.69, 9.17) is 4.74 Å². The minimum absolute atomic E-state index is 0.372. The Morgan fingerprint density at radius 1 is 1.82 bits per heavy atom. The van der Waals surface area contributed by atoms with E-state index in [9.17, 15) is 4.79 Å². The Morgan fingerprint density at radius 3 is 3.00 bits per heavy atom. The van der Waals surface area contributed by atoms with E-state index in [1.165, 1.54) is 0 Å². The maximum atomic E-state index is 9.89. The summed E-state index contributed by atoms with van der Waals surface area (Å²) in [6.45, 7) is 5.50. The lowest BCUT2D eigenvalue weighted by atomic mass is 10.0. The summed E-state index contributed by atoms with van der Waals surface area (Å²) in [4.78, 5) is 9.89. The van der Waals surface area contributed by atoms with Crippen LogP contribution < -0.4 is 0 Å². The maximum absolute atomic E-state index is 9.89. The molecule has 0 bridgehead atoms. The van der Waals surface area contributed by atoms with Gasteiger partial charge in [0.05, 0.1) is 12.4 Å². The molecule has 0 aliphatic carbocycles. The van der Waals surface area contributed by atoms with Crippen molar-refractivity contribution < 1.29 is 14.3 Å². The first-order valence-electron chi connectivity index (χ1n) is 3.63. The van der Waals surface area contributed by atoms with Crippen molar-refractivity contribution in [2.45, 2.75) is 13.8 Å². The number of hydrogen-bond donors (Lipinski definition) is 0. The van der Waals surface area contributed by atoms with Crippen molar-refractivity contribution >= 4 is 6.47 Å². The molecule has 62 valence electrons. The molecule has 1 atom stereocenters. The second kappa shape index (κ2) is 3.42. The fraction of sp³-hybridized carbons (Fsp3) is 0.625. The van der Waals surface area contributed by atoms with E-state index < -0.39 is 0 Å². The van der Waals surface area contributed by atoms with Crippen LogP contribution >= 0.6 is 0 Å². The molecule has 3 heteroatoms. The van der Waals surface area contributed by atoms with Crippen LogP contribution in [0.5, 0.6) is 0 Å². The van der Waals surface area contributed by atoms with Gasteiger partial charge in [0, 0.05) is 11.5 Å². The fourth-order valence-electron chi connectivity index (χ4n) is 1.16. The topological polar surface area (TPSA) is 35.5 Å². The molecule has 1 aliphatic rings. The zero-order chi connectivity index (χ0) is 8.27. The normalized spacial score (nSPS) is 23.3. The number of rotatable bonds is 3. The summed E-state index contributed by atoms with van der Waals surface area (Å²) in [7, 11) is 0. The Kier molecular flexibility index (Phi) is 2.52. The van der Waals surface area contributed by atoms with Gasteiger partial charge < -0.3 is 9.47 Å². The lowest BCUT2D eigenvalue weighted by molar-refractivity contribution is -0.127. The molecule has 1 rings (SSSR count). The highest BCUT2D eigenvalue weighted by Crippen LogP contribution is 2.24. The summed E-state index contributed by atoms with van der Waals surface area (Å²) in [6, 6.07) is 0. The van der Waals surface area contributed by atoms with Crippen LogP contribution in [0.2, 0.25) is 0 Å². The van der Waals surface area contributed by atoms with Crippen LogP contribution in [0.25, 0.3) is 0 Å². The number of ether oxygens (including phenoxy) is 2. The third-order valence-electron chi connectivity index (χ3n) is 1.90. The molecular formula is C8H12O3. The second-order valence-corrected chi connectivity index (χ2v) is 2.70. The Balaban J connectivity index is 2.52.